The highest BCUT2D eigenvalue weighted by Gasteiger charge is 2.25. The number of halogens is 1. The monoisotopic (exact) mass is 394 g/mol. The second-order valence-electron chi connectivity index (χ2n) is 7.18. The Hall–Kier alpha value is -2.79. The molecule has 4 rings (SSSR count). The van der Waals surface area contributed by atoms with Crippen LogP contribution in [0.25, 0.3) is 5.69 Å². The molecule has 28 heavy (non-hydrogen) atoms. The number of hydrogen-bond acceptors (Lipinski definition) is 3. The third-order valence-corrected chi connectivity index (χ3v) is 5.27. The number of piperazine rings is 1. The zero-order valence-corrected chi connectivity index (χ0v) is 16.9. The minimum absolute atomic E-state index is 0.00414. The Morgan fingerprint density at radius 3 is 2.36 bits per heavy atom. The fourth-order valence-electron chi connectivity index (χ4n) is 3.61. The van der Waals surface area contributed by atoms with Crippen molar-refractivity contribution in [1.82, 2.24) is 14.7 Å². The van der Waals surface area contributed by atoms with Gasteiger partial charge in [0.25, 0.3) is 5.91 Å². The van der Waals surface area contributed by atoms with Crippen LogP contribution in [0.2, 0.25) is 5.02 Å². The molecule has 0 aliphatic carbocycles. The molecular formula is C22H23ClN4O. The first kappa shape index (κ1) is 18.6. The second-order valence-corrected chi connectivity index (χ2v) is 7.62. The van der Waals surface area contributed by atoms with E-state index in [9.17, 15) is 4.79 Å². The molecule has 3 aromatic rings. The number of anilines is 1. The van der Waals surface area contributed by atoms with E-state index in [0.29, 0.717) is 23.8 Å². The van der Waals surface area contributed by atoms with Crippen LogP contribution >= 0.6 is 11.6 Å². The number of hydrogen-bond donors (Lipinski definition) is 0. The van der Waals surface area contributed by atoms with Crippen LogP contribution in [0.1, 0.15) is 21.7 Å². The molecule has 144 valence electrons. The predicted molar refractivity (Wildman–Crippen MR) is 113 cm³/mol. The Labute approximate surface area is 170 Å². The van der Waals surface area contributed by atoms with Crippen LogP contribution in [0.15, 0.2) is 54.6 Å². The summed E-state index contributed by atoms with van der Waals surface area (Å²) in [7, 11) is 0. The molecule has 0 unspecified atom stereocenters. The first-order valence-corrected chi connectivity index (χ1v) is 9.82. The molecular weight excluding hydrogens is 372 g/mol. The molecule has 0 radical (unpaired) electrons. The molecule has 0 saturated carbocycles. The molecule has 2 aromatic carbocycles. The SMILES string of the molecule is Cc1cccc(N2CCN(C(=O)c3cc(C)nn3-c3cccc(Cl)c3)CC2)c1. The molecule has 5 nitrogen and oxygen atoms in total. The van der Waals surface area contributed by atoms with Crippen LogP contribution in [-0.2, 0) is 0 Å². The molecule has 1 aromatic heterocycles. The van der Waals surface area contributed by atoms with E-state index in [4.69, 9.17) is 11.6 Å². The number of carbonyl (C=O) groups excluding carboxylic acids is 1. The van der Waals surface area contributed by atoms with Gasteiger partial charge < -0.3 is 9.80 Å². The topological polar surface area (TPSA) is 41.4 Å². The Balaban J connectivity index is 1.52. The van der Waals surface area contributed by atoms with E-state index in [1.807, 2.05) is 42.2 Å². The van der Waals surface area contributed by atoms with E-state index in [2.05, 4.69) is 41.2 Å². The number of benzene rings is 2. The van der Waals surface area contributed by atoms with Crippen molar-refractivity contribution >= 4 is 23.2 Å². The standard InChI is InChI=1S/C22H23ClN4O/c1-16-5-3-7-19(13-16)25-9-11-26(12-10-25)22(28)21-14-17(2)24-27(21)20-8-4-6-18(23)15-20/h3-8,13-15H,9-12H2,1-2H3. The number of rotatable bonds is 3. The number of nitrogens with zero attached hydrogens (tertiary/aromatic N) is 4. The normalized spacial score (nSPS) is 14.4. The van der Waals surface area contributed by atoms with Crippen molar-refractivity contribution < 1.29 is 4.79 Å². The molecule has 1 aliphatic rings. The number of aryl methyl sites for hydroxylation is 2. The fraction of sp³-hybridized carbons (Fsp3) is 0.273. The van der Waals surface area contributed by atoms with Gasteiger partial charge in [0.1, 0.15) is 5.69 Å². The van der Waals surface area contributed by atoms with Crippen LogP contribution in [0.3, 0.4) is 0 Å². The highest BCUT2D eigenvalue weighted by Crippen LogP contribution is 2.21. The number of aromatic nitrogens is 2. The van der Waals surface area contributed by atoms with Gasteiger partial charge in [-0.15, -0.1) is 0 Å². The average molecular weight is 395 g/mol. The van der Waals surface area contributed by atoms with Crippen molar-refractivity contribution in [3.8, 4) is 5.69 Å². The highest BCUT2D eigenvalue weighted by atomic mass is 35.5. The van der Waals surface area contributed by atoms with Crippen LogP contribution in [0.4, 0.5) is 5.69 Å². The lowest BCUT2D eigenvalue weighted by Gasteiger charge is -2.36. The van der Waals surface area contributed by atoms with E-state index in [-0.39, 0.29) is 5.91 Å². The third-order valence-electron chi connectivity index (χ3n) is 5.04. The number of carbonyl (C=O) groups is 1. The first-order chi connectivity index (χ1) is 13.5. The van der Waals surface area contributed by atoms with Crippen molar-refractivity contribution in [2.45, 2.75) is 13.8 Å². The van der Waals surface area contributed by atoms with Crippen molar-refractivity contribution in [3.63, 3.8) is 0 Å². The van der Waals surface area contributed by atoms with E-state index in [0.717, 1.165) is 24.5 Å². The van der Waals surface area contributed by atoms with Crippen molar-refractivity contribution in [2.75, 3.05) is 31.1 Å². The van der Waals surface area contributed by atoms with Gasteiger partial charge in [-0.25, -0.2) is 4.68 Å². The van der Waals surface area contributed by atoms with Gasteiger partial charge >= 0.3 is 0 Å². The van der Waals surface area contributed by atoms with Crippen LogP contribution in [0, 0.1) is 13.8 Å². The maximum absolute atomic E-state index is 13.2. The van der Waals surface area contributed by atoms with Gasteiger partial charge in [-0.05, 0) is 55.8 Å². The van der Waals surface area contributed by atoms with Gasteiger partial charge in [0.05, 0.1) is 11.4 Å². The van der Waals surface area contributed by atoms with Crippen LogP contribution < -0.4 is 4.90 Å². The van der Waals surface area contributed by atoms with Crippen LogP contribution in [0.5, 0.6) is 0 Å². The smallest absolute Gasteiger partial charge is 0.272 e. The zero-order valence-electron chi connectivity index (χ0n) is 16.1. The summed E-state index contributed by atoms with van der Waals surface area (Å²) < 4.78 is 1.69. The van der Waals surface area contributed by atoms with E-state index in [1.165, 1.54) is 11.3 Å². The minimum Gasteiger partial charge on any atom is -0.368 e. The Morgan fingerprint density at radius 2 is 1.64 bits per heavy atom. The lowest BCUT2D eigenvalue weighted by molar-refractivity contribution is 0.0737. The maximum Gasteiger partial charge on any atom is 0.272 e. The van der Waals surface area contributed by atoms with E-state index < -0.39 is 0 Å². The summed E-state index contributed by atoms with van der Waals surface area (Å²) in [6.07, 6.45) is 0. The van der Waals surface area contributed by atoms with Crippen molar-refractivity contribution in [1.29, 1.82) is 0 Å². The lowest BCUT2D eigenvalue weighted by Crippen LogP contribution is -2.49. The van der Waals surface area contributed by atoms with Crippen LogP contribution in [-0.4, -0.2) is 46.8 Å². The quantitative estimate of drug-likeness (QED) is 0.671. The zero-order chi connectivity index (χ0) is 19.7. The highest BCUT2D eigenvalue weighted by molar-refractivity contribution is 6.30. The summed E-state index contributed by atoms with van der Waals surface area (Å²) in [5.41, 5.74) is 4.64. The fourth-order valence-corrected chi connectivity index (χ4v) is 3.80. The Bertz CT molecular complexity index is 1010. The van der Waals surface area contributed by atoms with Gasteiger partial charge in [0, 0.05) is 36.9 Å². The second kappa shape index (κ2) is 7.68. The lowest BCUT2D eigenvalue weighted by atomic mass is 10.2. The molecule has 1 aliphatic heterocycles. The molecule has 0 spiro atoms. The largest absolute Gasteiger partial charge is 0.368 e. The van der Waals surface area contributed by atoms with Gasteiger partial charge in [0.15, 0.2) is 0 Å². The molecule has 1 amide bonds. The first-order valence-electron chi connectivity index (χ1n) is 9.45. The molecule has 6 heteroatoms. The summed E-state index contributed by atoms with van der Waals surface area (Å²) >= 11 is 6.13. The van der Waals surface area contributed by atoms with Gasteiger partial charge in [-0.1, -0.05) is 29.8 Å². The van der Waals surface area contributed by atoms with Gasteiger partial charge in [-0.3, -0.25) is 4.79 Å². The molecule has 2 heterocycles. The third kappa shape index (κ3) is 3.76. The number of amides is 1. The molecule has 0 bridgehead atoms. The Morgan fingerprint density at radius 1 is 0.929 bits per heavy atom. The average Bonchev–Trinajstić information content (AvgIpc) is 3.09. The maximum atomic E-state index is 13.2. The Kier molecular flexibility index (Phi) is 5.09. The molecule has 0 N–H and O–H groups in total. The summed E-state index contributed by atoms with van der Waals surface area (Å²) in [6.45, 7) is 7.01. The minimum atomic E-state index is 0.00414. The van der Waals surface area contributed by atoms with Crippen molar-refractivity contribution in [3.05, 3.63) is 76.6 Å². The summed E-state index contributed by atoms with van der Waals surface area (Å²) in [6, 6.07) is 17.7. The summed E-state index contributed by atoms with van der Waals surface area (Å²) in [5, 5.41) is 5.13. The van der Waals surface area contributed by atoms with Gasteiger partial charge in [-0.2, -0.15) is 5.10 Å². The predicted octanol–water partition coefficient (Wildman–Crippen LogP) is 4.10. The molecule has 1 fully saturated rings. The summed E-state index contributed by atoms with van der Waals surface area (Å²) in [5.74, 6) is 0.00414. The van der Waals surface area contributed by atoms with E-state index >= 15 is 0 Å². The van der Waals surface area contributed by atoms with Crippen molar-refractivity contribution in [2.24, 2.45) is 0 Å². The summed E-state index contributed by atoms with van der Waals surface area (Å²) in [4.78, 5) is 17.4. The molecule has 1 saturated heterocycles. The molecule has 0 atom stereocenters. The van der Waals surface area contributed by atoms with E-state index in [1.54, 1.807) is 4.68 Å². The van der Waals surface area contributed by atoms with Gasteiger partial charge in [0.2, 0.25) is 0 Å².